The normalized spacial score (nSPS) is 10.5. The molecule has 0 aliphatic rings. The average Bonchev–Trinajstić information content (AvgIpc) is 2.57. The molecule has 2 rings (SSSR count). The number of ether oxygens (including phenoxy) is 2. The molecule has 0 amide bonds. The molecule has 2 aromatic carbocycles. The summed E-state index contributed by atoms with van der Waals surface area (Å²) in [7, 11) is 1.22. The smallest absolute Gasteiger partial charge is 0.345 e. The number of halogens is 1. The lowest BCUT2D eigenvalue weighted by atomic mass is 9.86. The molecule has 0 saturated carbocycles. The minimum Gasteiger partial charge on any atom is -0.479 e. The maximum Gasteiger partial charge on any atom is 0.345 e. The Morgan fingerprint density at radius 3 is 1.74 bits per heavy atom. The molecule has 0 aromatic heterocycles. The van der Waals surface area contributed by atoms with Crippen LogP contribution in [0.25, 0.3) is 0 Å². The van der Waals surface area contributed by atoms with Crippen LogP contribution in [-0.2, 0) is 24.7 Å². The van der Waals surface area contributed by atoms with Crippen LogP contribution in [0, 0.1) is 0 Å². The minimum absolute atomic E-state index is 0. The summed E-state index contributed by atoms with van der Waals surface area (Å²) in [6, 6.07) is 17.0. The van der Waals surface area contributed by atoms with E-state index < -0.39 is 24.1 Å². The van der Waals surface area contributed by atoms with E-state index in [1.165, 1.54) is 7.11 Å². The number of aliphatic carboxylic acids is 1. The summed E-state index contributed by atoms with van der Waals surface area (Å²) in [5.74, 6) is -1.84. The number of carbonyl (C=O) groups excluding carboxylic acids is 1. The molecule has 0 saturated heterocycles. The molecule has 6 heteroatoms. The molecule has 0 aliphatic heterocycles. The van der Waals surface area contributed by atoms with Crippen LogP contribution in [0.5, 0.6) is 0 Å². The van der Waals surface area contributed by atoms with Crippen molar-refractivity contribution in [2.45, 2.75) is 5.60 Å². The van der Waals surface area contributed by atoms with Crippen LogP contribution < -0.4 is 0 Å². The van der Waals surface area contributed by atoms with E-state index >= 15 is 0 Å². The van der Waals surface area contributed by atoms with Gasteiger partial charge in [-0.2, -0.15) is 0 Å². The summed E-state index contributed by atoms with van der Waals surface area (Å²) in [6.45, 7) is -0.466. The molecule has 0 atom stereocenters. The highest BCUT2D eigenvalue weighted by molar-refractivity contribution is 5.85. The van der Waals surface area contributed by atoms with E-state index in [2.05, 4.69) is 4.74 Å². The van der Waals surface area contributed by atoms with Crippen LogP contribution >= 0.6 is 12.4 Å². The number of hydrogen-bond acceptors (Lipinski definition) is 4. The van der Waals surface area contributed by atoms with Crippen molar-refractivity contribution in [1.29, 1.82) is 0 Å². The van der Waals surface area contributed by atoms with Crippen molar-refractivity contribution in [1.82, 2.24) is 0 Å². The van der Waals surface area contributed by atoms with Crippen LogP contribution in [0.15, 0.2) is 60.7 Å². The maximum atomic E-state index is 12.0. The van der Waals surface area contributed by atoms with E-state index in [9.17, 15) is 14.7 Å². The average molecular weight is 337 g/mol. The van der Waals surface area contributed by atoms with Gasteiger partial charge in [-0.05, 0) is 11.1 Å². The van der Waals surface area contributed by atoms with E-state index in [1.807, 2.05) is 0 Å². The van der Waals surface area contributed by atoms with Crippen molar-refractivity contribution in [3.05, 3.63) is 71.8 Å². The number of methoxy groups -OCH3 is 1. The van der Waals surface area contributed by atoms with Crippen molar-refractivity contribution >= 4 is 24.3 Å². The number of hydrogen-bond donors (Lipinski definition) is 1. The van der Waals surface area contributed by atoms with Gasteiger partial charge in [-0.25, -0.2) is 9.59 Å². The Hall–Kier alpha value is -2.37. The van der Waals surface area contributed by atoms with E-state index in [0.29, 0.717) is 11.1 Å². The Kier molecular flexibility index (Phi) is 6.75. The minimum atomic E-state index is -1.77. The second-order valence-corrected chi connectivity index (χ2v) is 4.58. The largest absolute Gasteiger partial charge is 0.479 e. The van der Waals surface area contributed by atoms with Gasteiger partial charge in [0.1, 0.15) is 6.61 Å². The number of rotatable bonds is 6. The van der Waals surface area contributed by atoms with E-state index in [0.717, 1.165) is 0 Å². The Balaban J connectivity index is 0.00000264. The van der Waals surface area contributed by atoms with Gasteiger partial charge in [0.25, 0.3) is 0 Å². The van der Waals surface area contributed by atoms with Gasteiger partial charge >= 0.3 is 11.9 Å². The van der Waals surface area contributed by atoms with E-state index in [1.54, 1.807) is 60.7 Å². The zero-order chi connectivity index (χ0) is 16.0. The molecule has 5 nitrogen and oxygen atoms in total. The number of carboxylic acids is 1. The van der Waals surface area contributed by atoms with Crippen molar-refractivity contribution in [2.75, 3.05) is 13.7 Å². The molecule has 2 aromatic rings. The van der Waals surface area contributed by atoms with Gasteiger partial charge in [-0.3, -0.25) is 0 Å². The summed E-state index contributed by atoms with van der Waals surface area (Å²) in [6.07, 6.45) is 0. The molecule has 0 radical (unpaired) electrons. The predicted octanol–water partition coefficient (Wildman–Crippen LogP) is 2.63. The Morgan fingerprint density at radius 1 is 0.957 bits per heavy atom. The number of carbonyl (C=O) groups is 2. The number of carboxylic acid groups (broad SMARTS) is 1. The molecule has 0 unspecified atom stereocenters. The van der Waals surface area contributed by atoms with Crippen LogP contribution in [0.1, 0.15) is 11.1 Å². The highest BCUT2D eigenvalue weighted by Gasteiger charge is 2.44. The molecule has 0 aliphatic carbocycles. The third kappa shape index (κ3) is 3.88. The Bertz CT molecular complexity index is 603. The first-order valence-electron chi connectivity index (χ1n) is 6.66. The summed E-state index contributed by atoms with van der Waals surface area (Å²) in [5.41, 5.74) is -0.910. The van der Waals surface area contributed by atoms with E-state index in [-0.39, 0.29) is 12.4 Å². The first-order chi connectivity index (χ1) is 10.6. The number of benzene rings is 2. The summed E-state index contributed by atoms with van der Waals surface area (Å²) < 4.78 is 10.1. The van der Waals surface area contributed by atoms with Crippen molar-refractivity contribution in [3.8, 4) is 0 Å². The molecule has 0 fully saturated rings. The van der Waals surface area contributed by atoms with Gasteiger partial charge in [0.15, 0.2) is 0 Å². The van der Waals surface area contributed by atoms with E-state index in [4.69, 9.17) is 4.74 Å². The van der Waals surface area contributed by atoms with Crippen molar-refractivity contribution < 1.29 is 24.2 Å². The monoisotopic (exact) mass is 336 g/mol. The maximum absolute atomic E-state index is 12.0. The molecule has 1 N–H and O–H groups in total. The summed E-state index contributed by atoms with van der Waals surface area (Å²) in [4.78, 5) is 23.4. The Morgan fingerprint density at radius 2 is 1.39 bits per heavy atom. The second-order valence-electron chi connectivity index (χ2n) is 4.58. The van der Waals surface area contributed by atoms with Crippen LogP contribution in [-0.4, -0.2) is 30.8 Å². The fraction of sp³-hybridized carbons (Fsp3) is 0.176. The number of esters is 1. The first-order valence-corrected chi connectivity index (χ1v) is 6.66. The third-order valence-corrected chi connectivity index (χ3v) is 3.30. The molecular formula is C17H17ClO5. The molecule has 0 bridgehead atoms. The second kappa shape index (κ2) is 8.31. The molecular weight excluding hydrogens is 320 g/mol. The SMILES string of the molecule is COC(=O)COC(C(=O)O)(c1ccccc1)c1ccccc1.Cl. The topological polar surface area (TPSA) is 72.8 Å². The highest BCUT2D eigenvalue weighted by Crippen LogP contribution is 2.34. The summed E-state index contributed by atoms with van der Waals surface area (Å²) >= 11 is 0. The molecule has 122 valence electrons. The van der Waals surface area contributed by atoms with Gasteiger partial charge in [0.2, 0.25) is 5.60 Å². The zero-order valence-electron chi connectivity index (χ0n) is 12.5. The van der Waals surface area contributed by atoms with Gasteiger partial charge < -0.3 is 14.6 Å². The van der Waals surface area contributed by atoms with Crippen molar-refractivity contribution in [3.63, 3.8) is 0 Å². The van der Waals surface area contributed by atoms with Gasteiger partial charge in [-0.1, -0.05) is 60.7 Å². The third-order valence-electron chi connectivity index (χ3n) is 3.30. The molecule has 0 heterocycles. The fourth-order valence-electron chi connectivity index (χ4n) is 2.21. The van der Waals surface area contributed by atoms with Gasteiger partial charge in [0, 0.05) is 0 Å². The Labute approximate surface area is 140 Å². The highest BCUT2D eigenvalue weighted by atomic mass is 35.5. The lowest BCUT2D eigenvalue weighted by Gasteiger charge is -2.30. The first kappa shape index (κ1) is 18.7. The lowest BCUT2D eigenvalue weighted by Crippen LogP contribution is -2.41. The standard InChI is InChI=1S/C17H16O5.ClH/c1-21-15(18)12-22-17(16(19)20,13-8-4-2-5-9-13)14-10-6-3-7-11-14;/h2-11H,12H2,1H3,(H,19,20);1H. The van der Waals surface area contributed by atoms with Gasteiger partial charge in [0.05, 0.1) is 7.11 Å². The molecule has 0 spiro atoms. The zero-order valence-corrected chi connectivity index (χ0v) is 13.3. The molecule has 23 heavy (non-hydrogen) atoms. The lowest BCUT2D eigenvalue weighted by molar-refractivity contribution is -0.168. The summed E-state index contributed by atoms with van der Waals surface area (Å²) in [5, 5.41) is 9.84. The quantitative estimate of drug-likeness (QED) is 0.821. The van der Waals surface area contributed by atoms with Crippen LogP contribution in [0.3, 0.4) is 0 Å². The van der Waals surface area contributed by atoms with Crippen LogP contribution in [0.2, 0.25) is 0 Å². The van der Waals surface area contributed by atoms with Crippen LogP contribution in [0.4, 0.5) is 0 Å². The predicted molar refractivity (Wildman–Crippen MR) is 86.5 cm³/mol. The van der Waals surface area contributed by atoms with Crippen molar-refractivity contribution in [2.24, 2.45) is 0 Å². The fourth-order valence-corrected chi connectivity index (χ4v) is 2.21. The van der Waals surface area contributed by atoms with Gasteiger partial charge in [-0.15, -0.1) is 12.4 Å².